The maximum absolute atomic E-state index is 13.0. The smallest absolute Gasteiger partial charge is 0.328 e. The highest BCUT2D eigenvalue weighted by molar-refractivity contribution is 7.17. The van der Waals surface area contributed by atoms with E-state index in [2.05, 4.69) is 4.98 Å². The Morgan fingerprint density at radius 2 is 1.92 bits per heavy atom. The molecule has 136 valence electrons. The maximum atomic E-state index is 13.0. The monoisotopic (exact) mass is 374 g/mol. The average molecular weight is 374 g/mol. The molecule has 7 nitrogen and oxygen atoms in total. The molecule has 3 aromatic rings. The molecule has 0 amide bonds. The van der Waals surface area contributed by atoms with Crippen LogP contribution in [0.2, 0.25) is 0 Å². The highest BCUT2D eigenvalue weighted by atomic mass is 32.1. The lowest BCUT2D eigenvalue weighted by molar-refractivity contribution is -0.144. The van der Waals surface area contributed by atoms with E-state index in [1.807, 2.05) is 11.4 Å². The van der Waals surface area contributed by atoms with Gasteiger partial charge in [-0.05, 0) is 24.6 Å². The molecule has 0 fully saturated rings. The fourth-order valence-electron chi connectivity index (χ4n) is 2.72. The van der Waals surface area contributed by atoms with Gasteiger partial charge in [0.25, 0.3) is 5.56 Å². The number of benzene rings is 1. The van der Waals surface area contributed by atoms with Gasteiger partial charge in [-0.1, -0.05) is 6.07 Å². The van der Waals surface area contributed by atoms with Gasteiger partial charge >= 0.3 is 5.97 Å². The van der Waals surface area contributed by atoms with E-state index in [-0.39, 0.29) is 5.56 Å². The number of hydrogen-bond acceptors (Lipinski definition) is 7. The number of methoxy groups -OCH3 is 3. The first-order chi connectivity index (χ1) is 12.5. The highest BCUT2D eigenvalue weighted by Crippen LogP contribution is 2.36. The molecule has 8 heteroatoms. The Bertz CT molecular complexity index is 1020. The number of carbonyl (C=O) groups is 1. The van der Waals surface area contributed by atoms with Crippen LogP contribution in [0.15, 0.2) is 34.7 Å². The molecule has 0 saturated carbocycles. The number of aromatic nitrogens is 2. The minimum absolute atomic E-state index is 0.293. The van der Waals surface area contributed by atoms with Gasteiger partial charge in [-0.15, -0.1) is 11.3 Å². The quantitative estimate of drug-likeness (QED) is 0.639. The zero-order chi connectivity index (χ0) is 18.8. The van der Waals surface area contributed by atoms with Crippen molar-refractivity contribution < 1.29 is 19.0 Å². The highest BCUT2D eigenvalue weighted by Gasteiger charge is 2.21. The predicted molar refractivity (Wildman–Crippen MR) is 99.1 cm³/mol. The third-order valence-electron chi connectivity index (χ3n) is 4.17. The van der Waals surface area contributed by atoms with Crippen LogP contribution >= 0.6 is 11.3 Å². The Morgan fingerprint density at radius 1 is 1.19 bits per heavy atom. The normalized spacial score (nSPS) is 12.0. The Balaban J connectivity index is 2.19. The van der Waals surface area contributed by atoms with Crippen LogP contribution in [0, 0.1) is 0 Å². The molecule has 0 aliphatic heterocycles. The number of esters is 1. The molecular formula is C18H18N2O5S. The SMILES string of the molecule is COC(=O)C(C)n1cnc2scc(-c3ccc(OC)c(OC)c3)c2c1=O. The largest absolute Gasteiger partial charge is 0.493 e. The van der Waals surface area contributed by atoms with Gasteiger partial charge in [-0.25, -0.2) is 9.78 Å². The van der Waals surface area contributed by atoms with Gasteiger partial charge in [0.15, 0.2) is 11.5 Å². The summed E-state index contributed by atoms with van der Waals surface area (Å²) in [6, 6.07) is 4.68. The molecular weight excluding hydrogens is 356 g/mol. The molecule has 0 radical (unpaired) electrons. The minimum Gasteiger partial charge on any atom is -0.493 e. The Kier molecular flexibility index (Phi) is 4.94. The van der Waals surface area contributed by atoms with E-state index in [1.54, 1.807) is 33.3 Å². The standard InChI is InChI=1S/C18H18N2O5S/c1-10(18(22)25-4)20-9-19-16-15(17(20)21)12(8-26-16)11-5-6-13(23-2)14(7-11)24-3/h5-10H,1-4H3. The summed E-state index contributed by atoms with van der Waals surface area (Å²) in [5.74, 6) is 0.665. The fraction of sp³-hybridized carbons (Fsp3) is 0.278. The van der Waals surface area contributed by atoms with E-state index in [9.17, 15) is 9.59 Å². The lowest BCUT2D eigenvalue weighted by Crippen LogP contribution is -2.29. The zero-order valence-electron chi connectivity index (χ0n) is 14.8. The second kappa shape index (κ2) is 7.17. The Morgan fingerprint density at radius 3 is 2.58 bits per heavy atom. The number of carbonyl (C=O) groups excluding carboxylic acids is 1. The van der Waals surface area contributed by atoms with Crippen LogP contribution in [0.25, 0.3) is 21.3 Å². The molecule has 3 rings (SSSR count). The lowest BCUT2D eigenvalue weighted by Gasteiger charge is -2.12. The lowest BCUT2D eigenvalue weighted by atomic mass is 10.1. The van der Waals surface area contributed by atoms with Crippen molar-refractivity contribution in [2.24, 2.45) is 0 Å². The molecule has 0 aliphatic rings. The molecule has 1 atom stereocenters. The number of hydrogen-bond donors (Lipinski definition) is 0. The number of fused-ring (bicyclic) bond motifs is 1. The summed E-state index contributed by atoms with van der Waals surface area (Å²) in [7, 11) is 4.41. The van der Waals surface area contributed by atoms with Gasteiger partial charge in [-0.3, -0.25) is 9.36 Å². The average Bonchev–Trinajstić information content (AvgIpc) is 3.11. The number of thiophene rings is 1. The van der Waals surface area contributed by atoms with Crippen LogP contribution in [-0.4, -0.2) is 36.8 Å². The predicted octanol–water partition coefficient (Wildman–Crippen LogP) is 2.88. The number of ether oxygens (including phenoxy) is 3. The van der Waals surface area contributed by atoms with Gasteiger partial charge in [-0.2, -0.15) is 0 Å². The molecule has 0 N–H and O–H groups in total. The van der Waals surface area contributed by atoms with Crippen molar-refractivity contribution in [3.05, 3.63) is 40.3 Å². The van der Waals surface area contributed by atoms with Crippen molar-refractivity contribution in [1.82, 2.24) is 9.55 Å². The van der Waals surface area contributed by atoms with Gasteiger partial charge in [0, 0.05) is 10.9 Å². The summed E-state index contributed by atoms with van der Waals surface area (Å²) >= 11 is 1.37. The maximum Gasteiger partial charge on any atom is 0.328 e. The fourth-order valence-corrected chi connectivity index (χ4v) is 3.63. The molecule has 1 aromatic carbocycles. The topological polar surface area (TPSA) is 79.7 Å². The molecule has 1 unspecified atom stereocenters. The number of rotatable bonds is 5. The molecule has 2 aromatic heterocycles. The molecule has 0 spiro atoms. The molecule has 0 aliphatic carbocycles. The van der Waals surface area contributed by atoms with Crippen LogP contribution in [0.5, 0.6) is 11.5 Å². The minimum atomic E-state index is -0.762. The summed E-state index contributed by atoms with van der Waals surface area (Å²) in [5.41, 5.74) is 1.24. The molecule has 0 saturated heterocycles. The first-order valence-electron chi connectivity index (χ1n) is 7.80. The zero-order valence-corrected chi connectivity index (χ0v) is 15.6. The second-order valence-electron chi connectivity index (χ2n) is 5.56. The van der Waals surface area contributed by atoms with Crippen molar-refractivity contribution in [2.75, 3.05) is 21.3 Å². The van der Waals surface area contributed by atoms with Crippen LogP contribution in [0.1, 0.15) is 13.0 Å². The van der Waals surface area contributed by atoms with E-state index in [1.165, 1.54) is 29.3 Å². The van der Waals surface area contributed by atoms with E-state index < -0.39 is 12.0 Å². The first-order valence-corrected chi connectivity index (χ1v) is 8.68. The second-order valence-corrected chi connectivity index (χ2v) is 6.41. The summed E-state index contributed by atoms with van der Waals surface area (Å²) < 4.78 is 16.6. The third-order valence-corrected chi connectivity index (χ3v) is 5.06. The molecule has 26 heavy (non-hydrogen) atoms. The van der Waals surface area contributed by atoms with E-state index >= 15 is 0 Å². The van der Waals surface area contributed by atoms with Crippen molar-refractivity contribution in [1.29, 1.82) is 0 Å². The number of nitrogens with zero attached hydrogens (tertiary/aromatic N) is 2. The van der Waals surface area contributed by atoms with Crippen molar-refractivity contribution in [3.8, 4) is 22.6 Å². The van der Waals surface area contributed by atoms with Gasteiger partial charge in [0.1, 0.15) is 10.9 Å². The molecule has 2 heterocycles. The third kappa shape index (κ3) is 2.92. The Labute approximate surface area is 153 Å². The van der Waals surface area contributed by atoms with Crippen molar-refractivity contribution in [3.63, 3.8) is 0 Å². The first kappa shape index (κ1) is 17.9. The van der Waals surface area contributed by atoms with Crippen LogP contribution in [0.3, 0.4) is 0 Å². The summed E-state index contributed by atoms with van der Waals surface area (Å²) in [5, 5.41) is 2.33. The van der Waals surface area contributed by atoms with E-state index in [4.69, 9.17) is 14.2 Å². The Hall–Kier alpha value is -2.87. The van der Waals surface area contributed by atoms with Gasteiger partial charge in [0.05, 0.1) is 33.0 Å². The van der Waals surface area contributed by atoms with E-state index in [0.717, 1.165) is 11.1 Å². The van der Waals surface area contributed by atoms with Crippen LogP contribution in [0.4, 0.5) is 0 Å². The van der Waals surface area contributed by atoms with Gasteiger partial charge in [0.2, 0.25) is 0 Å². The van der Waals surface area contributed by atoms with Crippen LogP contribution < -0.4 is 15.0 Å². The van der Waals surface area contributed by atoms with Crippen molar-refractivity contribution in [2.45, 2.75) is 13.0 Å². The summed E-state index contributed by atoms with van der Waals surface area (Å²) in [6.07, 6.45) is 1.38. The van der Waals surface area contributed by atoms with Gasteiger partial charge < -0.3 is 14.2 Å². The van der Waals surface area contributed by atoms with E-state index in [0.29, 0.717) is 21.7 Å². The molecule has 0 bridgehead atoms. The summed E-state index contributed by atoms with van der Waals surface area (Å²) in [4.78, 5) is 29.7. The van der Waals surface area contributed by atoms with Crippen LogP contribution in [-0.2, 0) is 9.53 Å². The van der Waals surface area contributed by atoms with Crippen molar-refractivity contribution >= 4 is 27.5 Å². The summed E-state index contributed by atoms with van der Waals surface area (Å²) in [6.45, 7) is 1.60.